The normalized spacial score (nSPS) is 15.9. The lowest BCUT2D eigenvalue weighted by Crippen LogP contribution is -2.46. The van der Waals surface area contributed by atoms with Crippen LogP contribution in [-0.4, -0.2) is 64.8 Å². The van der Waals surface area contributed by atoms with E-state index < -0.39 is 0 Å². The molecule has 1 aromatic heterocycles. The first-order valence-corrected chi connectivity index (χ1v) is 9.39. The van der Waals surface area contributed by atoms with Crippen molar-refractivity contribution < 1.29 is 4.79 Å². The van der Waals surface area contributed by atoms with Crippen molar-refractivity contribution in [1.29, 1.82) is 0 Å². The summed E-state index contributed by atoms with van der Waals surface area (Å²) >= 11 is 0. The maximum absolute atomic E-state index is 12.2. The first kappa shape index (κ1) is 18.6. The third-order valence-corrected chi connectivity index (χ3v) is 5.13. The Morgan fingerprint density at radius 2 is 1.81 bits per heavy atom. The molecule has 1 amide bonds. The molecule has 6 heteroatoms. The van der Waals surface area contributed by atoms with Crippen LogP contribution in [0.1, 0.15) is 28.0 Å². The number of aromatic nitrogens is 2. The zero-order valence-corrected chi connectivity index (χ0v) is 15.8. The summed E-state index contributed by atoms with van der Waals surface area (Å²) in [5.41, 5.74) is 2.95. The van der Waals surface area contributed by atoms with Gasteiger partial charge in [-0.2, -0.15) is 5.10 Å². The third-order valence-electron chi connectivity index (χ3n) is 5.13. The highest BCUT2D eigenvalue weighted by molar-refractivity contribution is 5.94. The summed E-state index contributed by atoms with van der Waals surface area (Å²) in [5, 5.41) is 7.12. The number of amides is 1. The molecule has 1 aliphatic heterocycles. The number of piperazine rings is 1. The van der Waals surface area contributed by atoms with E-state index in [4.69, 9.17) is 0 Å². The quantitative estimate of drug-likeness (QED) is 0.768. The molecule has 0 aliphatic carbocycles. The SMILES string of the molecule is Cc1c(C(=O)NCCCN2CCN(Cc3ccccc3)CC2)cnn1C. The molecule has 1 N–H and O–H groups in total. The monoisotopic (exact) mass is 355 g/mol. The number of hydrogen-bond acceptors (Lipinski definition) is 4. The number of hydrogen-bond donors (Lipinski definition) is 1. The summed E-state index contributed by atoms with van der Waals surface area (Å²) < 4.78 is 1.73. The molecule has 2 aromatic rings. The highest BCUT2D eigenvalue weighted by atomic mass is 16.1. The Labute approximate surface area is 155 Å². The van der Waals surface area contributed by atoms with Gasteiger partial charge in [-0.05, 0) is 25.5 Å². The molecule has 26 heavy (non-hydrogen) atoms. The summed E-state index contributed by atoms with van der Waals surface area (Å²) in [5.74, 6) is -0.0247. The number of rotatable bonds is 7. The van der Waals surface area contributed by atoms with E-state index in [2.05, 4.69) is 50.5 Å². The van der Waals surface area contributed by atoms with Crippen molar-refractivity contribution in [3.8, 4) is 0 Å². The summed E-state index contributed by atoms with van der Waals surface area (Å²) in [4.78, 5) is 17.2. The van der Waals surface area contributed by atoms with E-state index in [9.17, 15) is 4.79 Å². The zero-order valence-electron chi connectivity index (χ0n) is 15.8. The van der Waals surface area contributed by atoms with Gasteiger partial charge >= 0.3 is 0 Å². The van der Waals surface area contributed by atoms with Gasteiger partial charge in [0.1, 0.15) is 0 Å². The Bertz CT molecular complexity index is 704. The summed E-state index contributed by atoms with van der Waals surface area (Å²) in [6.45, 7) is 9.10. The van der Waals surface area contributed by atoms with Gasteiger partial charge in [0, 0.05) is 52.0 Å². The van der Waals surface area contributed by atoms with Crippen molar-refractivity contribution in [3.63, 3.8) is 0 Å². The van der Waals surface area contributed by atoms with Crippen LogP contribution in [0, 0.1) is 6.92 Å². The van der Waals surface area contributed by atoms with Crippen LogP contribution < -0.4 is 5.32 Å². The van der Waals surface area contributed by atoms with Crippen LogP contribution in [0.25, 0.3) is 0 Å². The Morgan fingerprint density at radius 1 is 1.12 bits per heavy atom. The van der Waals surface area contributed by atoms with Gasteiger partial charge in [0.25, 0.3) is 5.91 Å². The maximum atomic E-state index is 12.2. The lowest BCUT2D eigenvalue weighted by atomic mass is 10.2. The molecule has 0 saturated carbocycles. The van der Waals surface area contributed by atoms with Gasteiger partial charge < -0.3 is 10.2 Å². The summed E-state index contributed by atoms with van der Waals surface area (Å²) in [6, 6.07) is 10.7. The Kier molecular flexibility index (Phi) is 6.41. The number of aryl methyl sites for hydroxylation is 1. The van der Waals surface area contributed by atoms with E-state index in [0.29, 0.717) is 12.1 Å². The number of nitrogens with one attached hydrogen (secondary N) is 1. The molecule has 0 bridgehead atoms. The fourth-order valence-electron chi connectivity index (χ4n) is 3.33. The summed E-state index contributed by atoms with van der Waals surface area (Å²) in [7, 11) is 1.85. The van der Waals surface area contributed by atoms with Gasteiger partial charge in [0.15, 0.2) is 0 Å². The fraction of sp³-hybridized carbons (Fsp3) is 0.500. The van der Waals surface area contributed by atoms with E-state index in [1.807, 2.05) is 14.0 Å². The van der Waals surface area contributed by atoms with Crippen LogP contribution in [0.2, 0.25) is 0 Å². The molecule has 1 fully saturated rings. The number of carbonyl (C=O) groups is 1. The summed E-state index contributed by atoms with van der Waals surface area (Å²) in [6.07, 6.45) is 2.61. The second kappa shape index (κ2) is 8.96. The Hall–Kier alpha value is -2.18. The van der Waals surface area contributed by atoms with Crippen LogP contribution in [0.15, 0.2) is 36.5 Å². The first-order valence-electron chi connectivity index (χ1n) is 9.39. The Balaban J connectivity index is 1.32. The molecule has 0 radical (unpaired) electrons. The van der Waals surface area contributed by atoms with Crippen LogP contribution in [0.4, 0.5) is 0 Å². The van der Waals surface area contributed by atoms with E-state index in [-0.39, 0.29) is 5.91 Å². The van der Waals surface area contributed by atoms with Crippen LogP contribution in [0.5, 0.6) is 0 Å². The molecule has 1 saturated heterocycles. The van der Waals surface area contributed by atoms with Crippen LogP contribution >= 0.6 is 0 Å². The molecule has 3 rings (SSSR count). The van der Waals surface area contributed by atoms with E-state index in [1.54, 1.807) is 10.9 Å². The second-order valence-corrected chi connectivity index (χ2v) is 6.98. The molecule has 1 aliphatic rings. The van der Waals surface area contributed by atoms with E-state index in [0.717, 1.165) is 51.4 Å². The lowest BCUT2D eigenvalue weighted by Gasteiger charge is -2.34. The van der Waals surface area contributed by atoms with Crippen LogP contribution in [0.3, 0.4) is 0 Å². The van der Waals surface area contributed by atoms with Crippen molar-refractivity contribution in [2.75, 3.05) is 39.3 Å². The molecular formula is C20H29N5O. The van der Waals surface area contributed by atoms with Gasteiger partial charge in [-0.1, -0.05) is 30.3 Å². The van der Waals surface area contributed by atoms with Crippen molar-refractivity contribution >= 4 is 5.91 Å². The first-order chi connectivity index (χ1) is 12.6. The minimum Gasteiger partial charge on any atom is -0.352 e. The average molecular weight is 355 g/mol. The Morgan fingerprint density at radius 3 is 2.46 bits per heavy atom. The van der Waals surface area contributed by atoms with Gasteiger partial charge in [-0.25, -0.2) is 0 Å². The minimum absolute atomic E-state index is 0.0247. The number of benzene rings is 1. The molecule has 1 aromatic carbocycles. The molecule has 140 valence electrons. The molecule has 2 heterocycles. The van der Waals surface area contributed by atoms with Gasteiger partial charge in [0.2, 0.25) is 0 Å². The van der Waals surface area contributed by atoms with Crippen LogP contribution in [-0.2, 0) is 13.6 Å². The van der Waals surface area contributed by atoms with Gasteiger partial charge in [-0.3, -0.25) is 14.4 Å². The number of nitrogens with zero attached hydrogens (tertiary/aromatic N) is 4. The standard InChI is InChI=1S/C20H29N5O/c1-17-19(15-22-23(17)2)20(26)21-9-6-10-24-11-13-25(14-12-24)16-18-7-4-3-5-8-18/h3-5,7-8,15H,6,9-14,16H2,1-2H3,(H,21,26). The third kappa shape index (κ3) is 4.93. The molecule has 6 nitrogen and oxygen atoms in total. The smallest absolute Gasteiger partial charge is 0.254 e. The second-order valence-electron chi connectivity index (χ2n) is 6.98. The maximum Gasteiger partial charge on any atom is 0.254 e. The predicted octanol–water partition coefficient (Wildman–Crippen LogP) is 1.67. The van der Waals surface area contributed by atoms with Crippen molar-refractivity contribution in [2.45, 2.75) is 19.9 Å². The highest BCUT2D eigenvalue weighted by Gasteiger charge is 2.17. The van der Waals surface area contributed by atoms with Crippen molar-refractivity contribution in [1.82, 2.24) is 24.9 Å². The highest BCUT2D eigenvalue weighted by Crippen LogP contribution is 2.09. The molecule has 0 atom stereocenters. The minimum atomic E-state index is -0.0247. The van der Waals surface area contributed by atoms with E-state index in [1.165, 1.54) is 5.56 Å². The number of carbonyl (C=O) groups excluding carboxylic acids is 1. The topological polar surface area (TPSA) is 53.4 Å². The largest absolute Gasteiger partial charge is 0.352 e. The molecule has 0 unspecified atom stereocenters. The van der Waals surface area contributed by atoms with Crippen molar-refractivity contribution in [2.24, 2.45) is 7.05 Å². The van der Waals surface area contributed by atoms with Gasteiger partial charge in [0.05, 0.1) is 11.8 Å². The van der Waals surface area contributed by atoms with Gasteiger partial charge in [-0.15, -0.1) is 0 Å². The molecule has 0 spiro atoms. The fourth-order valence-corrected chi connectivity index (χ4v) is 3.33. The predicted molar refractivity (Wildman–Crippen MR) is 103 cm³/mol. The average Bonchev–Trinajstić information content (AvgIpc) is 3.00. The molecular weight excluding hydrogens is 326 g/mol. The lowest BCUT2D eigenvalue weighted by molar-refractivity contribution is 0.0946. The zero-order chi connectivity index (χ0) is 18.4. The van der Waals surface area contributed by atoms with Crippen molar-refractivity contribution in [3.05, 3.63) is 53.3 Å². The van der Waals surface area contributed by atoms with E-state index >= 15 is 0 Å².